The van der Waals surface area contributed by atoms with Crippen molar-refractivity contribution in [1.29, 1.82) is 0 Å². The summed E-state index contributed by atoms with van der Waals surface area (Å²) in [6, 6.07) is 20.7. The normalized spacial score (nSPS) is 15.6. The van der Waals surface area contributed by atoms with Crippen LogP contribution in [0.15, 0.2) is 66.7 Å². The fraction of sp³-hybridized carbons (Fsp3) is 0.208. The number of halogens is 1. The number of benzene rings is 3. The lowest BCUT2D eigenvalue weighted by atomic mass is 9.87. The third kappa shape index (κ3) is 3.56. The third-order valence-electron chi connectivity index (χ3n) is 5.36. The van der Waals surface area contributed by atoms with Gasteiger partial charge in [0.1, 0.15) is 0 Å². The summed E-state index contributed by atoms with van der Waals surface area (Å²) in [5.74, 6) is 1.31. The lowest BCUT2D eigenvalue weighted by molar-refractivity contribution is 0.0694. The summed E-state index contributed by atoms with van der Waals surface area (Å²) in [6.45, 7) is 0.589. The van der Waals surface area contributed by atoms with E-state index < -0.39 is 0 Å². The number of carbonyl (C=O) groups is 1. The van der Waals surface area contributed by atoms with Gasteiger partial charge >= 0.3 is 0 Å². The highest BCUT2D eigenvalue weighted by atomic mass is 35.5. The van der Waals surface area contributed by atoms with Gasteiger partial charge in [-0.3, -0.25) is 4.79 Å². The maximum absolute atomic E-state index is 13.4. The highest BCUT2D eigenvalue weighted by molar-refractivity contribution is 6.31. The topological polar surface area (TPSA) is 38.8 Å². The van der Waals surface area contributed by atoms with Gasteiger partial charge < -0.3 is 14.4 Å². The minimum absolute atomic E-state index is 0.0176. The largest absolute Gasteiger partial charge is 0.493 e. The number of carbonyl (C=O) groups excluding carboxylic acids is 1. The molecule has 0 radical (unpaired) electrons. The van der Waals surface area contributed by atoms with Crippen LogP contribution in [-0.4, -0.2) is 31.6 Å². The Morgan fingerprint density at radius 3 is 2.28 bits per heavy atom. The first kappa shape index (κ1) is 19.3. The van der Waals surface area contributed by atoms with Crippen molar-refractivity contribution in [3.63, 3.8) is 0 Å². The molecule has 1 aliphatic heterocycles. The van der Waals surface area contributed by atoms with Crippen LogP contribution in [0.4, 0.5) is 0 Å². The molecule has 1 aliphatic rings. The van der Waals surface area contributed by atoms with Crippen LogP contribution in [0.1, 0.15) is 33.1 Å². The summed E-state index contributed by atoms with van der Waals surface area (Å²) in [5.41, 5.74) is 3.69. The molecule has 1 heterocycles. The van der Waals surface area contributed by atoms with Gasteiger partial charge in [-0.25, -0.2) is 0 Å². The van der Waals surface area contributed by atoms with E-state index in [1.54, 1.807) is 14.2 Å². The third-order valence-corrected chi connectivity index (χ3v) is 5.70. The Hall–Kier alpha value is -2.98. The lowest BCUT2D eigenvalue weighted by Gasteiger charge is -2.38. The first-order valence-corrected chi connectivity index (χ1v) is 9.87. The van der Waals surface area contributed by atoms with Crippen molar-refractivity contribution in [2.75, 3.05) is 20.8 Å². The second kappa shape index (κ2) is 8.18. The molecule has 4 nitrogen and oxygen atoms in total. The average Bonchev–Trinajstić information content (AvgIpc) is 2.78. The predicted octanol–water partition coefficient (Wildman–Crippen LogP) is 5.15. The molecule has 0 fully saturated rings. The Bertz CT molecular complexity index is 1040. The van der Waals surface area contributed by atoms with Crippen molar-refractivity contribution in [2.45, 2.75) is 12.5 Å². The van der Waals surface area contributed by atoms with Crippen LogP contribution in [-0.2, 0) is 6.42 Å². The molecule has 148 valence electrons. The minimum Gasteiger partial charge on any atom is -0.493 e. The van der Waals surface area contributed by atoms with Gasteiger partial charge in [0.25, 0.3) is 5.91 Å². The number of hydrogen-bond acceptors (Lipinski definition) is 3. The summed E-state index contributed by atoms with van der Waals surface area (Å²) in [5, 5.41) is 0.631. The van der Waals surface area contributed by atoms with Gasteiger partial charge in [0.15, 0.2) is 11.5 Å². The average molecular weight is 408 g/mol. The number of fused-ring (bicyclic) bond motifs is 1. The molecule has 4 rings (SSSR count). The molecule has 0 bridgehead atoms. The second-order valence-corrected chi connectivity index (χ2v) is 7.35. The molecule has 0 aliphatic carbocycles. The Kier molecular flexibility index (Phi) is 5.45. The van der Waals surface area contributed by atoms with E-state index in [-0.39, 0.29) is 11.9 Å². The van der Waals surface area contributed by atoms with E-state index in [1.165, 1.54) is 0 Å². The van der Waals surface area contributed by atoms with E-state index in [4.69, 9.17) is 21.1 Å². The SMILES string of the molecule is COc1cc2c(cc1OC)[C@H](c1ccccc1Cl)N(C(=O)c1ccccc1)CC2. The number of methoxy groups -OCH3 is 2. The lowest BCUT2D eigenvalue weighted by Crippen LogP contribution is -2.40. The monoisotopic (exact) mass is 407 g/mol. The van der Waals surface area contributed by atoms with Crippen LogP contribution in [0.5, 0.6) is 11.5 Å². The van der Waals surface area contributed by atoms with Crippen molar-refractivity contribution in [2.24, 2.45) is 0 Å². The van der Waals surface area contributed by atoms with Crippen molar-refractivity contribution < 1.29 is 14.3 Å². The molecule has 1 atom stereocenters. The Morgan fingerprint density at radius 1 is 0.931 bits per heavy atom. The van der Waals surface area contributed by atoms with E-state index >= 15 is 0 Å². The Balaban J connectivity index is 1.88. The maximum atomic E-state index is 13.4. The van der Waals surface area contributed by atoms with Gasteiger partial charge in [0, 0.05) is 17.1 Å². The number of nitrogens with zero attached hydrogens (tertiary/aromatic N) is 1. The zero-order valence-electron chi connectivity index (χ0n) is 16.4. The zero-order chi connectivity index (χ0) is 20.4. The molecule has 0 unspecified atom stereocenters. The molecule has 0 aromatic heterocycles. The Labute approximate surface area is 175 Å². The summed E-state index contributed by atoms with van der Waals surface area (Å²) in [4.78, 5) is 15.3. The van der Waals surface area contributed by atoms with E-state index in [1.807, 2.05) is 71.6 Å². The maximum Gasteiger partial charge on any atom is 0.254 e. The molecule has 3 aromatic rings. The first-order valence-electron chi connectivity index (χ1n) is 9.49. The molecule has 29 heavy (non-hydrogen) atoms. The first-order chi connectivity index (χ1) is 14.1. The number of rotatable bonds is 4. The van der Waals surface area contributed by atoms with Gasteiger partial charge in [-0.05, 0) is 53.4 Å². The molecule has 5 heteroatoms. The summed E-state index contributed by atoms with van der Waals surface area (Å²) < 4.78 is 11.0. The summed E-state index contributed by atoms with van der Waals surface area (Å²) in [7, 11) is 3.24. The highest BCUT2D eigenvalue weighted by Crippen LogP contribution is 2.43. The van der Waals surface area contributed by atoms with Gasteiger partial charge in [0.2, 0.25) is 0 Å². The van der Waals surface area contributed by atoms with Crippen LogP contribution in [0.3, 0.4) is 0 Å². The predicted molar refractivity (Wildman–Crippen MR) is 114 cm³/mol. The van der Waals surface area contributed by atoms with Crippen molar-refractivity contribution in [3.8, 4) is 11.5 Å². The number of ether oxygens (including phenoxy) is 2. The van der Waals surface area contributed by atoms with E-state index in [0.717, 1.165) is 23.1 Å². The summed E-state index contributed by atoms with van der Waals surface area (Å²) in [6.07, 6.45) is 0.731. The molecule has 0 N–H and O–H groups in total. The minimum atomic E-state index is -0.306. The van der Waals surface area contributed by atoms with Crippen molar-refractivity contribution >= 4 is 17.5 Å². The highest BCUT2D eigenvalue weighted by Gasteiger charge is 2.34. The molecule has 1 amide bonds. The molecule has 3 aromatic carbocycles. The quantitative estimate of drug-likeness (QED) is 0.600. The van der Waals surface area contributed by atoms with Crippen molar-refractivity contribution in [3.05, 3.63) is 94.0 Å². The van der Waals surface area contributed by atoms with Crippen LogP contribution in [0.2, 0.25) is 5.02 Å². The second-order valence-electron chi connectivity index (χ2n) is 6.94. The standard InChI is InChI=1S/C24H22ClNO3/c1-28-21-14-17-12-13-26(24(27)16-8-4-3-5-9-16)23(19(17)15-22(21)29-2)18-10-6-7-11-20(18)25/h3-11,14-15,23H,12-13H2,1-2H3/t23-/m0/s1. The van der Waals surface area contributed by atoms with E-state index in [9.17, 15) is 4.79 Å². The van der Waals surface area contributed by atoms with Crippen molar-refractivity contribution in [1.82, 2.24) is 4.90 Å². The van der Waals surface area contributed by atoms with Gasteiger partial charge in [0.05, 0.1) is 20.3 Å². The van der Waals surface area contributed by atoms with E-state index in [2.05, 4.69) is 0 Å². The molecule has 0 spiro atoms. The molecule has 0 saturated heterocycles. The van der Waals surface area contributed by atoms with E-state index in [0.29, 0.717) is 28.6 Å². The molecular formula is C24H22ClNO3. The Morgan fingerprint density at radius 2 is 1.59 bits per heavy atom. The number of hydrogen-bond donors (Lipinski definition) is 0. The zero-order valence-corrected chi connectivity index (χ0v) is 17.1. The van der Waals surface area contributed by atoms with Crippen LogP contribution < -0.4 is 9.47 Å². The smallest absolute Gasteiger partial charge is 0.254 e. The van der Waals surface area contributed by atoms with Crippen LogP contribution in [0.25, 0.3) is 0 Å². The van der Waals surface area contributed by atoms with Gasteiger partial charge in [-0.2, -0.15) is 0 Å². The fourth-order valence-electron chi connectivity index (χ4n) is 3.94. The number of amides is 1. The summed E-state index contributed by atoms with van der Waals surface area (Å²) >= 11 is 6.58. The van der Waals surface area contributed by atoms with Gasteiger partial charge in [-0.15, -0.1) is 0 Å². The fourth-order valence-corrected chi connectivity index (χ4v) is 4.18. The van der Waals surface area contributed by atoms with Crippen LogP contribution in [0, 0.1) is 0 Å². The van der Waals surface area contributed by atoms with Gasteiger partial charge in [-0.1, -0.05) is 48.0 Å². The molecule has 0 saturated carbocycles. The van der Waals surface area contributed by atoms with Crippen LogP contribution >= 0.6 is 11.6 Å². The molecular weight excluding hydrogens is 386 g/mol.